The first kappa shape index (κ1) is 17.0. The van der Waals surface area contributed by atoms with Crippen LogP contribution < -0.4 is 15.8 Å². The van der Waals surface area contributed by atoms with Gasteiger partial charge in [-0.2, -0.15) is 0 Å². The van der Waals surface area contributed by atoms with Gasteiger partial charge in [0.1, 0.15) is 17.6 Å². The van der Waals surface area contributed by atoms with Crippen LogP contribution in [0, 0.1) is 5.82 Å². The molecular formula is C19H19FN2O3. The number of fused-ring (bicyclic) bond motifs is 1. The van der Waals surface area contributed by atoms with Gasteiger partial charge in [-0.3, -0.25) is 10.1 Å². The number of nitrogens with one attached hydrogen (secondary N) is 1. The molecule has 3 rings (SSSR count). The number of nitrogens with two attached hydrogens (primary N) is 1. The molecule has 5 nitrogen and oxygen atoms in total. The van der Waals surface area contributed by atoms with Crippen molar-refractivity contribution in [3.8, 4) is 5.75 Å². The number of carbonyl (C=O) groups excluding carboxylic acids is 1. The Morgan fingerprint density at radius 3 is 2.60 bits per heavy atom. The lowest BCUT2D eigenvalue weighted by Gasteiger charge is -2.20. The highest BCUT2D eigenvalue weighted by Crippen LogP contribution is 2.31. The Balaban J connectivity index is 1.87. The zero-order chi connectivity index (χ0) is 18.0. The molecule has 0 aliphatic rings. The van der Waals surface area contributed by atoms with E-state index in [1.807, 2.05) is 31.2 Å². The topological polar surface area (TPSA) is 77.5 Å². The highest BCUT2D eigenvalue weighted by molar-refractivity contribution is 5.84. The molecule has 3 N–H and O–H groups in total. The second kappa shape index (κ2) is 6.94. The van der Waals surface area contributed by atoms with Crippen molar-refractivity contribution in [1.82, 2.24) is 5.32 Å². The van der Waals surface area contributed by atoms with Crippen LogP contribution in [0.3, 0.4) is 0 Å². The Morgan fingerprint density at radius 1 is 1.24 bits per heavy atom. The van der Waals surface area contributed by atoms with E-state index in [2.05, 4.69) is 5.32 Å². The first-order chi connectivity index (χ1) is 12.0. The zero-order valence-corrected chi connectivity index (χ0v) is 14.0. The van der Waals surface area contributed by atoms with Gasteiger partial charge in [-0.05, 0) is 36.8 Å². The summed E-state index contributed by atoms with van der Waals surface area (Å²) in [5, 5.41) is 4.04. The molecule has 0 spiro atoms. The van der Waals surface area contributed by atoms with Crippen LogP contribution in [0.5, 0.6) is 5.75 Å². The molecule has 0 saturated heterocycles. The number of rotatable bonds is 6. The number of primary amides is 1. The maximum absolute atomic E-state index is 13.1. The van der Waals surface area contributed by atoms with E-state index in [9.17, 15) is 9.18 Å². The van der Waals surface area contributed by atoms with Gasteiger partial charge in [0.25, 0.3) is 0 Å². The van der Waals surface area contributed by atoms with Crippen LogP contribution in [0.15, 0.2) is 52.9 Å². The van der Waals surface area contributed by atoms with Crippen LogP contribution >= 0.6 is 0 Å². The summed E-state index contributed by atoms with van der Waals surface area (Å²) >= 11 is 0. The predicted molar refractivity (Wildman–Crippen MR) is 92.7 cm³/mol. The minimum atomic E-state index is -0.759. The van der Waals surface area contributed by atoms with Crippen molar-refractivity contribution in [2.75, 3.05) is 7.11 Å². The summed E-state index contributed by atoms with van der Waals surface area (Å²) in [6.45, 7) is 1.86. The van der Waals surface area contributed by atoms with Gasteiger partial charge in [0.2, 0.25) is 5.91 Å². The summed E-state index contributed by atoms with van der Waals surface area (Å²) in [5.74, 6) is 0.366. The third-order valence-corrected chi connectivity index (χ3v) is 4.08. The first-order valence-corrected chi connectivity index (χ1v) is 7.87. The van der Waals surface area contributed by atoms with E-state index in [-0.39, 0.29) is 11.9 Å². The number of benzene rings is 2. The molecule has 3 aromatic rings. The van der Waals surface area contributed by atoms with Crippen molar-refractivity contribution in [2.45, 2.75) is 19.0 Å². The smallest absolute Gasteiger partial charge is 0.239 e. The van der Waals surface area contributed by atoms with E-state index in [1.165, 1.54) is 24.3 Å². The molecule has 0 unspecified atom stereocenters. The number of ether oxygens (including phenoxy) is 1. The Labute approximate surface area is 144 Å². The number of hydrogen-bond acceptors (Lipinski definition) is 4. The highest BCUT2D eigenvalue weighted by atomic mass is 19.1. The van der Waals surface area contributed by atoms with Gasteiger partial charge in [0, 0.05) is 5.39 Å². The summed E-state index contributed by atoms with van der Waals surface area (Å²) in [7, 11) is 1.58. The summed E-state index contributed by atoms with van der Waals surface area (Å²) < 4.78 is 24.3. The first-order valence-electron chi connectivity index (χ1n) is 7.87. The standard InChI is InChI=1S/C19H19FN2O3/c1-11(16-10-13-4-3-5-15(24-2)18(13)25-16)22-17(19(21)23)12-6-8-14(20)9-7-12/h3-11,17,22H,1-2H3,(H2,21,23)/t11-,17+/m1/s1. The molecule has 130 valence electrons. The van der Waals surface area contributed by atoms with Gasteiger partial charge in [0.15, 0.2) is 11.3 Å². The SMILES string of the molecule is COc1cccc2cc([C@@H](C)N[C@H](C(N)=O)c3ccc(F)cc3)oc12. The maximum atomic E-state index is 13.1. The fraction of sp³-hybridized carbons (Fsp3) is 0.211. The normalized spacial score (nSPS) is 13.6. The second-order valence-corrected chi connectivity index (χ2v) is 5.80. The lowest BCUT2D eigenvalue weighted by Crippen LogP contribution is -2.35. The molecule has 0 fully saturated rings. The number of amides is 1. The molecule has 0 saturated carbocycles. The quantitative estimate of drug-likeness (QED) is 0.719. The average Bonchev–Trinajstić information content (AvgIpc) is 3.04. The average molecular weight is 342 g/mol. The van der Waals surface area contributed by atoms with E-state index in [4.69, 9.17) is 14.9 Å². The Morgan fingerprint density at radius 2 is 1.96 bits per heavy atom. The van der Waals surface area contributed by atoms with Gasteiger partial charge in [-0.1, -0.05) is 24.3 Å². The fourth-order valence-electron chi connectivity index (χ4n) is 2.76. The van der Waals surface area contributed by atoms with Crippen molar-refractivity contribution in [3.63, 3.8) is 0 Å². The zero-order valence-electron chi connectivity index (χ0n) is 14.0. The molecule has 0 radical (unpaired) electrons. The molecule has 0 aliphatic carbocycles. The van der Waals surface area contributed by atoms with Crippen LogP contribution in [0.4, 0.5) is 4.39 Å². The monoisotopic (exact) mass is 342 g/mol. The lowest BCUT2D eigenvalue weighted by atomic mass is 10.0. The van der Waals surface area contributed by atoms with Crippen LogP contribution in [0.1, 0.15) is 30.3 Å². The molecule has 1 aromatic heterocycles. The molecule has 6 heteroatoms. The third-order valence-electron chi connectivity index (χ3n) is 4.08. The number of furan rings is 1. The summed E-state index contributed by atoms with van der Waals surface area (Å²) in [6, 6.07) is 12.1. The molecule has 0 aliphatic heterocycles. The van der Waals surface area contributed by atoms with Crippen LogP contribution in [-0.4, -0.2) is 13.0 Å². The van der Waals surface area contributed by atoms with Crippen molar-refractivity contribution in [1.29, 1.82) is 0 Å². The van der Waals surface area contributed by atoms with E-state index in [1.54, 1.807) is 7.11 Å². The predicted octanol–water partition coefficient (Wildman–Crippen LogP) is 3.46. The Hall–Kier alpha value is -2.86. The number of methoxy groups -OCH3 is 1. The maximum Gasteiger partial charge on any atom is 0.239 e. The molecule has 2 atom stereocenters. The van der Waals surface area contributed by atoms with Crippen molar-refractivity contribution in [3.05, 3.63) is 65.7 Å². The van der Waals surface area contributed by atoms with Crippen molar-refractivity contribution < 1.29 is 18.3 Å². The largest absolute Gasteiger partial charge is 0.493 e. The van der Waals surface area contributed by atoms with Crippen molar-refractivity contribution in [2.24, 2.45) is 5.73 Å². The molecule has 25 heavy (non-hydrogen) atoms. The van der Waals surface area contributed by atoms with E-state index < -0.39 is 11.9 Å². The Bertz CT molecular complexity index is 889. The number of carbonyl (C=O) groups is 1. The second-order valence-electron chi connectivity index (χ2n) is 5.80. The lowest BCUT2D eigenvalue weighted by molar-refractivity contribution is -0.120. The van der Waals surface area contributed by atoms with Gasteiger partial charge >= 0.3 is 0 Å². The number of halogens is 1. The van der Waals surface area contributed by atoms with E-state index in [0.717, 1.165) is 5.39 Å². The fourth-order valence-corrected chi connectivity index (χ4v) is 2.76. The molecule has 1 amide bonds. The van der Waals surface area contributed by atoms with Gasteiger partial charge < -0.3 is 14.9 Å². The Kier molecular flexibility index (Phi) is 4.72. The third kappa shape index (κ3) is 3.49. The summed E-state index contributed by atoms with van der Waals surface area (Å²) in [6.07, 6.45) is 0. The van der Waals surface area contributed by atoms with E-state index >= 15 is 0 Å². The summed E-state index contributed by atoms with van der Waals surface area (Å²) in [5.41, 5.74) is 6.74. The van der Waals surface area contributed by atoms with Gasteiger partial charge in [-0.25, -0.2) is 4.39 Å². The highest BCUT2D eigenvalue weighted by Gasteiger charge is 2.23. The molecular weight excluding hydrogens is 323 g/mol. The van der Waals surface area contributed by atoms with Crippen LogP contribution in [0.2, 0.25) is 0 Å². The van der Waals surface area contributed by atoms with E-state index in [0.29, 0.717) is 22.7 Å². The molecule has 1 heterocycles. The van der Waals surface area contributed by atoms with Gasteiger partial charge in [-0.15, -0.1) is 0 Å². The minimum Gasteiger partial charge on any atom is -0.493 e. The number of para-hydroxylation sites is 1. The molecule has 0 bridgehead atoms. The summed E-state index contributed by atoms with van der Waals surface area (Å²) in [4.78, 5) is 11.8. The minimum absolute atomic E-state index is 0.292. The molecule has 2 aromatic carbocycles. The van der Waals surface area contributed by atoms with Gasteiger partial charge in [0.05, 0.1) is 13.2 Å². The van der Waals surface area contributed by atoms with Crippen molar-refractivity contribution >= 4 is 16.9 Å². The number of hydrogen-bond donors (Lipinski definition) is 2. The van der Waals surface area contributed by atoms with Crippen LogP contribution in [-0.2, 0) is 4.79 Å². The van der Waals surface area contributed by atoms with Crippen LogP contribution in [0.25, 0.3) is 11.0 Å².